The fraction of sp³-hybridized carbons (Fsp3) is 0.500. The van der Waals surface area contributed by atoms with Gasteiger partial charge in [-0.2, -0.15) is 0 Å². The number of aromatic hydroxyl groups is 1. The molecule has 1 amide bonds. The SMILES string of the molecule is CN(C(=O)C=Cc1ccc(Cl)c(Cl)c1)[C@H]1CC[C@@]2(O)[C@H]3Cc4ccc(O)c5c4[C@@]2(CCN3CC2CC2)[C@H]1O5. The highest BCUT2D eigenvalue weighted by molar-refractivity contribution is 6.42. The summed E-state index contributed by atoms with van der Waals surface area (Å²) >= 11 is 12.2. The van der Waals surface area contributed by atoms with E-state index in [4.69, 9.17) is 27.9 Å². The summed E-state index contributed by atoms with van der Waals surface area (Å²) in [5.74, 6) is 1.20. The number of hydrogen-bond acceptors (Lipinski definition) is 5. The monoisotopic (exact) mass is 554 g/mol. The van der Waals surface area contributed by atoms with Crippen LogP contribution < -0.4 is 4.74 Å². The highest BCUT2D eigenvalue weighted by atomic mass is 35.5. The Labute approximate surface area is 232 Å². The van der Waals surface area contributed by atoms with Crippen molar-refractivity contribution in [2.45, 2.75) is 67.7 Å². The van der Waals surface area contributed by atoms with Crippen molar-refractivity contribution in [2.24, 2.45) is 5.92 Å². The molecule has 8 heteroatoms. The lowest BCUT2D eigenvalue weighted by molar-refractivity contribution is -0.200. The number of aliphatic hydroxyl groups is 1. The number of phenols is 1. The Morgan fingerprint density at radius 1 is 1.18 bits per heavy atom. The van der Waals surface area contributed by atoms with Gasteiger partial charge in [0.1, 0.15) is 6.10 Å². The Bertz CT molecular complexity index is 1360. The summed E-state index contributed by atoms with van der Waals surface area (Å²) in [4.78, 5) is 17.7. The van der Waals surface area contributed by atoms with Gasteiger partial charge in [0, 0.05) is 31.3 Å². The Morgan fingerprint density at radius 3 is 2.76 bits per heavy atom. The smallest absolute Gasteiger partial charge is 0.246 e. The summed E-state index contributed by atoms with van der Waals surface area (Å²) in [6, 6.07) is 8.76. The predicted octanol–water partition coefficient (Wildman–Crippen LogP) is 4.80. The first-order valence-electron chi connectivity index (χ1n) is 13.6. The number of rotatable bonds is 5. The number of hydrogen-bond donors (Lipinski definition) is 2. The highest BCUT2D eigenvalue weighted by Gasteiger charge is 2.73. The van der Waals surface area contributed by atoms with Crippen molar-refractivity contribution in [3.63, 3.8) is 0 Å². The van der Waals surface area contributed by atoms with Crippen LogP contribution in [0.4, 0.5) is 0 Å². The molecule has 7 rings (SSSR count). The van der Waals surface area contributed by atoms with Gasteiger partial charge in [0.05, 0.1) is 27.1 Å². The second-order valence-electron chi connectivity index (χ2n) is 11.9. The van der Waals surface area contributed by atoms with Crippen molar-refractivity contribution in [2.75, 3.05) is 20.1 Å². The quantitative estimate of drug-likeness (QED) is 0.519. The normalized spacial score (nSPS) is 33.2. The zero-order chi connectivity index (χ0) is 26.4. The third-order valence-electron chi connectivity index (χ3n) is 9.94. The molecular formula is C30H32Cl2N2O4. The van der Waals surface area contributed by atoms with Gasteiger partial charge in [-0.05, 0) is 86.4 Å². The summed E-state index contributed by atoms with van der Waals surface area (Å²) in [5, 5.41) is 24.3. The van der Waals surface area contributed by atoms with Crippen molar-refractivity contribution >= 4 is 35.2 Å². The molecule has 3 fully saturated rings. The lowest BCUT2D eigenvalue weighted by atomic mass is 9.48. The first-order valence-corrected chi connectivity index (χ1v) is 14.4. The van der Waals surface area contributed by atoms with Crippen LogP contribution in [0, 0.1) is 5.92 Å². The van der Waals surface area contributed by atoms with Crippen molar-refractivity contribution in [3.8, 4) is 11.5 Å². The van der Waals surface area contributed by atoms with Gasteiger partial charge >= 0.3 is 0 Å². The number of benzene rings is 2. The molecule has 2 N–H and O–H groups in total. The predicted molar refractivity (Wildman–Crippen MR) is 147 cm³/mol. The van der Waals surface area contributed by atoms with Crippen LogP contribution in [0.3, 0.4) is 0 Å². The molecule has 5 aliphatic rings. The van der Waals surface area contributed by atoms with E-state index in [2.05, 4.69) is 4.90 Å². The number of amides is 1. The van der Waals surface area contributed by atoms with E-state index in [-0.39, 0.29) is 23.7 Å². The maximum atomic E-state index is 13.4. The van der Waals surface area contributed by atoms with Gasteiger partial charge in [0.2, 0.25) is 5.91 Å². The van der Waals surface area contributed by atoms with Gasteiger partial charge in [0.25, 0.3) is 0 Å². The molecule has 2 bridgehead atoms. The molecule has 5 atom stereocenters. The standard InChI is InChI=1S/C30H32Cl2N2O4/c1-33(25(36)9-5-17-4-7-20(31)21(32)14-17)22-10-11-30(37)24-15-19-6-8-23(35)27-26(19)29(30,28(22)38-27)12-13-34(24)16-18-2-3-18/h4-9,14,18,22,24,28,35,37H,2-3,10-13,15-16H2,1H3/t22-,24+,28-,29-,30+/m0/s1. The maximum absolute atomic E-state index is 13.4. The molecule has 0 aromatic heterocycles. The highest BCUT2D eigenvalue weighted by Crippen LogP contribution is 2.66. The third-order valence-corrected chi connectivity index (χ3v) is 10.7. The summed E-state index contributed by atoms with van der Waals surface area (Å²) in [5.41, 5.74) is 1.31. The van der Waals surface area contributed by atoms with E-state index in [0.717, 1.165) is 48.5 Å². The van der Waals surface area contributed by atoms with E-state index in [1.807, 2.05) is 19.2 Å². The first kappa shape index (κ1) is 24.8. The van der Waals surface area contributed by atoms with Gasteiger partial charge in [0.15, 0.2) is 11.5 Å². The summed E-state index contributed by atoms with van der Waals surface area (Å²) in [6.07, 6.45) is 8.13. The van der Waals surface area contributed by atoms with Crippen LogP contribution >= 0.6 is 23.2 Å². The second kappa shape index (κ2) is 8.62. The fourth-order valence-electron chi connectivity index (χ4n) is 7.92. The van der Waals surface area contributed by atoms with E-state index in [9.17, 15) is 15.0 Å². The van der Waals surface area contributed by atoms with E-state index < -0.39 is 17.1 Å². The Hall–Kier alpha value is -2.25. The number of carbonyl (C=O) groups excluding carboxylic acids is 1. The van der Waals surface area contributed by atoms with Gasteiger partial charge in [-0.15, -0.1) is 0 Å². The van der Waals surface area contributed by atoms with Crippen molar-refractivity contribution < 1.29 is 19.7 Å². The average molecular weight is 556 g/mol. The van der Waals surface area contributed by atoms with Crippen LogP contribution in [0.2, 0.25) is 10.0 Å². The van der Waals surface area contributed by atoms with Gasteiger partial charge in [-0.1, -0.05) is 35.3 Å². The number of ether oxygens (including phenoxy) is 1. The summed E-state index contributed by atoms with van der Waals surface area (Å²) in [7, 11) is 1.81. The average Bonchev–Trinajstić information content (AvgIpc) is 3.64. The van der Waals surface area contributed by atoms with Crippen LogP contribution in [0.15, 0.2) is 36.4 Å². The largest absolute Gasteiger partial charge is 0.504 e. The Morgan fingerprint density at radius 2 is 2.00 bits per heavy atom. The minimum Gasteiger partial charge on any atom is -0.504 e. The fourth-order valence-corrected chi connectivity index (χ4v) is 8.22. The number of carbonyl (C=O) groups is 1. The van der Waals surface area contributed by atoms with E-state index in [0.29, 0.717) is 28.6 Å². The molecule has 200 valence electrons. The number of likely N-dealkylation sites (tertiary alicyclic amines) is 1. The lowest BCUT2D eigenvalue weighted by Gasteiger charge is -2.64. The molecule has 2 saturated carbocycles. The number of nitrogens with zero attached hydrogens (tertiary/aromatic N) is 2. The molecule has 2 aromatic carbocycles. The molecule has 3 aliphatic carbocycles. The minimum atomic E-state index is -0.965. The summed E-state index contributed by atoms with van der Waals surface area (Å²) < 4.78 is 6.60. The lowest BCUT2D eigenvalue weighted by Crippen LogP contribution is -2.78. The van der Waals surface area contributed by atoms with Crippen molar-refractivity contribution in [3.05, 3.63) is 63.1 Å². The third kappa shape index (κ3) is 3.43. The molecule has 38 heavy (non-hydrogen) atoms. The van der Waals surface area contributed by atoms with E-state index in [1.165, 1.54) is 12.8 Å². The molecule has 0 unspecified atom stereocenters. The van der Waals surface area contributed by atoms with Gasteiger partial charge in [-0.25, -0.2) is 0 Å². The van der Waals surface area contributed by atoms with Gasteiger partial charge in [-0.3, -0.25) is 9.69 Å². The van der Waals surface area contributed by atoms with E-state index in [1.54, 1.807) is 35.3 Å². The minimum absolute atomic E-state index is 0.0162. The molecule has 2 heterocycles. The Balaban J connectivity index is 1.23. The number of likely N-dealkylation sites (N-methyl/N-ethyl adjacent to an activating group) is 1. The maximum Gasteiger partial charge on any atom is 0.246 e. The van der Waals surface area contributed by atoms with Crippen LogP contribution in [-0.4, -0.2) is 69.8 Å². The number of halogens is 2. The van der Waals surface area contributed by atoms with Crippen molar-refractivity contribution in [1.29, 1.82) is 0 Å². The zero-order valence-electron chi connectivity index (χ0n) is 21.4. The molecule has 1 saturated heterocycles. The molecule has 6 nitrogen and oxygen atoms in total. The van der Waals surface area contributed by atoms with Crippen LogP contribution in [-0.2, 0) is 16.6 Å². The van der Waals surface area contributed by atoms with Crippen LogP contribution in [0.5, 0.6) is 11.5 Å². The van der Waals surface area contributed by atoms with Crippen molar-refractivity contribution in [1.82, 2.24) is 9.80 Å². The zero-order valence-corrected chi connectivity index (χ0v) is 22.9. The van der Waals surface area contributed by atoms with Gasteiger partial charge < -0.3 is 19.8 Å². The van der Waals surface area contributed by atoms with Crippen LogP contribution in [0.1, 0.15) is 48.8 Å². The van der Waals surface area contributed by atoms with E-state index >= 15 is 0 Å². The molecule has 2 aliphatic heterocycles. The summed E-state index contributed by atoms with van der Waals surface area (Å²) in [6.45, 7) is 1.93. The second-order valence-corrected chi connectivity index (χ2v) is 12.7. The molecular weight excluding hydrogens is 523 g/mol. The van der Waals surface area contributed by atoms with Crippen LogP contribution in [0.25, 0.3) is 6.08 Å². The number of phenolic OH excluding ortho intramolecular Hbond substituents is 1. The molecule has 2 aromatic rings. The number of piperidine rings is 1. The molecule has 0 radical (unpaired) electrons. The molecule has 1 spiro atoms. The first-order chi connectivity index (χ1) is 18.2. The topological polar surface area (TPSA) is 73.2 Å². The Kier molecular flexibility index (Phi) is 5.62.